The van der Waals surface area contributed by atoms with Crippen molar-refractivity contribution in [3.05, 3.63) is 0 Å². The summed E-state index contributed by atoms with van der Waals surface area (Å²) in [5.41, 5.74) is 4.97. The minimum absolute atomic E-state index is 0.000706. The monoisotopic (exact) mass is 299 g/mol. The zero-order chi connectivity index (χ0) is 15.7. The molecule has 7 nitrogen and oxygen atoms in total. The Morgan fingerprint density at radius 2 is 1.86 bits per heavy atom. The molecule has 0 unspecified atom stereocenters. The molecule has 0 aromatic heterocycles. The Labute approximate surface area is 124 Å². The standard InChI is InChI=1S/C14H25N3O4/c15-12(18)7-6-11(13(19)20)17-14(21)16-9-8-10-4-2-1-3-5-10/h10-11H,1-9H2,(H2,15,18)(H,19,20)(H2,16,17,21)/t11-/m1/s1. The molecule has 1 saturated carbocycles. The number of urea groups is 1. The normalized spacial score (nSPS) is 17.0. The van der Waals surface area contributed by atoms with E-state index < -0.39 is 23.9 Å². The smallest absolute Gasteiger partial charge is 0.326 e. The topological polar surface area (TPSA) is 122 Å². The van der Waals surface area contributed by atoms with Crippen LogP contribution < -0.4 is 16.4 Å². The van der Waals surface area contributed by atoms with Crippen LogP contribution in [0.1, 0.15) is 51.4 Å². The van der Waals surface area contributed by atoms with E-state index in [0.717, 1.165) is 6.42 Å². The second kappa shape index (κ2) is 9.20. The molecule has 0 saturated heterocycles. The molecule has 3 amide bonds. The van der Waals surface area contributed by atoms with E-state index >= 15 is 0 Å². The molecule has 0 bridgehead atoms. The van der Waals surface area contributed by atoms with Gasteiger partial charge in [-0.15, -0.1) is 0 Å². The Balaban J connectivity index is 2.22. The molecule has 1 fully saturated rings. The molecule has 1 aliphatic rings. The van der Waals surface area contributed by atoms with Gasteiger partial charge in [0.1, 0.15) is 6.04 Å². The molecule has 5 N–H and O–H groups in total. The predicted molar refractivity (Wildman–Crippen MR) is 77.6 cm³/mol. The Morgan fingerprint density at radius 3 is 2.43 bits per heavy atom. The first-order valence-electron chi connectivity index (χ1n) is 7.54. The predicted octanol–water partition coefficient (Wildman–Crippen LogP) is 0.975. The fourth-order valence-electron chi connectivity index (χ4n) is 2.62. The molecule has 1 atom stereocenters. The Bertz CT molecular complexity index is 367. The van der Waals surface area contributed by atoms with Gasteiger partial charge in [-0.3, -0.25) is 4.79 Å². The van der Waals surface area contributed by atoms with Crippen molar-refractivity contribution in [3.8, 4) is 0 Å². The number of amides is 3. The number of rotatable bonds is 8. The van der Waals surface area contributed by atoms with Gasteiger partial charge in [0.25, 0.3) is 0 Å². The summed E-state index contributed by atoms with van der Waals surface area (Å²) in [5, 5.41) is 14.0. The van der Waals surface area contributed by atoms with Crippen LogP contribution in [0.2, 0.25) is 0 Å². The number of aliphatic carboxylic acids is 1. The maximum absolute atomic E-state index is 11.6. The average molecular weight is 299 g/mol. The van der Waals surface area contributed by atoms with Gasteiger partial charge in [0.15, 0.2) is 0 Å². The molecular weight excluding hydrogens is 274 g/mol. The Hall–Kier alpha value is -1.79. The number of primary amides is 1. The number of carbonyl (C=O) groups excluding carboxylic acids is 2. The van der Waals surface area contributed by atoms with Crippen LogP contribution in [0.5, 0.6) is 0 Å². The third kappa shape index (κ3) is 7.53. The molecule has 0 aromatic rings. The van der Waals surface area contributed by atoms with E-state index in [0.29, 0.717) is 12.5 Å². The SMILES string of the molecule is NC(=O)CC[C@@H](NC(=O)NCCC1CCCCC1)C(=O)O. The van der Waals surface area contributed by atoms with Crippen LogP contribution in [0.3, 0.4) is 0 Å². The number of nitrogens with one attached hydrogen (secondary N) is 2. The lowest BCUT2D eigenvalue weighted by molar-refractivity contribution is -0.139. The van der Waals surface area contributed by atoms with Crippen LogP contribution in [-0.2, 0) is 9.59 Å². The van der Waals surface area contributed by atoms with Gasteiger partial charge >= 0.3 is 12.0 Å². The van der Waals surface area contributed by atoms with Crippen molar-refractivity contribution in [2.24, 2.45) is 11.7 Å². The number of carboxylic acids is 1. The van der Waals surface area contributed by atoms with Gasteiger partial charge in [-0.2, -0.15) is 0 Å². The summed E-state index contributed by atoms with van der Waals surface area (Å²) in [6, 6.07) is -1.60. The first kappa shape index (κ1) is 17.3. The van der Waals surface area contributed by atoms with E-state index in [1.54, 1.807) is 0 Å². The second-order valence-corrected chi connectivity index (χ2v) is 5.59. The highest BCUT2D eigenvalue weighted by molar-refractivity contribution is 5.83. The molecule has 0 aromatic carbocycles. The van der Waals surface area contributed by atoms with Gasteiger partial charge in [0.05, 0.1) is 0 Å². The quantitative estimate of drug-likeness (QED) is 0.533. The number of hydrogen-bond acceptors (Lipinski definition) is 3. The first-order chi connectivity index (χ1) is 9.99. The molecule has 0 heterocycles. The zero-order valence-corrected chi connectivity index (χ0v) is 12.3. The first-order valence-corrected chi connectivity index (χ1v) is 7.54. The molecule has 21 heavy (non-hydrogen) atoms. The van der Waals surface area contributed by atoms with Crippen molar-refractivity contribution in [2.45, 2.75) is 57.4 Å². The van der Waals surface area contributed by atoms with Crippen molar-refractivity contribution in [1.29, 1.82) is 0 Å². The molecule has 1 rings (SSSR count). The number of hydrogen-bond donors (Lipinski definition) is 4. The molecule has 7 heteroatoms. The largest absolute Gasteiger partial charge is 0.480 e. The highest BCUT2D eigenvalue weighted by Gasteiger charge is 2.20. The van der Waals surface area contributed by atoms with E-state index in [-0.39, 0.29) is 12.8 Å². The summed E-state index contributed by atoms with van der Waals surface area (Å²) in [6.45, 7) is 0.540. The maximum atomic E-state index is 11.6. The van der Waals surface area contributed by atoms with Gasteiger partial charge in [0, 0.05) is 13.0 Å². The Morgan fingerprint density at radius 1 is 1.19 bits per heavy atom. The highest BCUT2D eigenvalue weighted by Crippen LogP contribution is 2.25. The van der Waals surface area contributed by atoms with E-state index in [4.69, 9.17) is 10.8 Å². The van der Waals surface area contributed by atoms with Crippen LogP contribution in [0.4, 0.5) is 4.79 Å². The van der Waals surface area contributed by atoms with Crippen LogP contribution in [0, 0.1) is 5.92 Å². The van der Waals surface area contributed by atoms with Crippen molar-refractivity contribution >= 4 is 17.9 Å². The van der Waals surface area contributed by atoms with Crippen LogP contribution in [-0.4, -0.2) is 35.6 Å². The minimum Gasteiger partial charge on any atom is -0.480 e. The summed E-state index contributed by atoms with van der Waals surface area (Å²) in [7, 11) is 0. The van der Waals surface area contributed by atoms with Crippen LogP contribution in [0.25, 0.3) is 0 Å². The Kier molecular flexibility index (Phi) is 7.56. The van der Waals surface area contributed by atoms with Crippen LogP contribution >= 0.6 is 0 Å². The summed E-state index contributed by atoms with van der Waals surface area (Å²) in [6.07, 6.45) is 7.08. The zero-order valence-electron chi connectivity index (χ0n) is 12.3. The molecule has 120 valence electrons. The molecular formula is C14H25N3O4. The third-order valence-corrected chi connectivity index (χ3v) is 3.85. The van der Waals surface area contributed by atoms with E-state index in [1.807, 2.05) is 0 Å². The number of nitrogens with two attached hydrogens (primary N) is 1. The highest BCUT2D eigenvalue weighted by atomic mass is 16.4. The molecule has 0 spiro atoms. The van der Waals surface area contributed by atoms with Gasteiger partial charge in [0.2, 0.25) is 5.91 Å². The third-order valence-electron chi connectivity index (χ3n) is 3.85. The fourth-order valence-corrected chi connectivity index (χ4v) is 2.62. The van der Waals surface area contributed by atoms with Crippen molar-refractivity contribution in [1.82, 2.24) is 10.6 Å². The molecule has 1 aliphatic carbocycles. The van der Waals surface area contributed by atoms with Crippen molar-refractivity contribution in [2.75, 3.05) is 6.54 Å². The lowest BCUT2D eigenvalue weighted by Gasteiger charge is -2.21. The van der Waals surface area contributed by atoms with Crippen molar-refractivity contribution < 1.29 is 19.5 Å². The van der Waals surface area contributed by atoms with Gasteiger partial charge in [-0.1, -0.05) is 32.1 Å². The lowest BCUT2D eigenvalue weighted by Crippen LogP contribution is -2.46. The summed E-state index contributed by atoms with van der Waals surface area (Å²) < 4.78 is 0. The van der Waals surface area contributed by atoms with E-state index in [1.165, 1.54) is 32.1 Å². The van der Waals surface area contributed by atoms with E-state index in [2.05, 4.69) is 10.6 Å². The fraction of sp³-hybridized carbons (Fsp3) is 0.786. The summed E-state index contributed by atoms with van der Waals surface area (Å²) in [4.78, 5) is 33.3. The average Bonchev–Trinajstić information content (AvgIpc) is 2.44. The molecule has 0 radical (unpaired) electrons. The van der Waals surface area contributed by atoms with Gasteiger partial charge < -0.3 is 21.5 Å². The van der Waals surface area contributed by atoms with E-state index in [9.17, 15) is 14.4 Å². The second-order valence-electron chi connectivity index (χ2n) is 5.59. The number of carboxylic acid groups (broad SMARTS) is 1. The van der Waals surface area contributed by atoms with Gasteiger partial charge in [-0.25, -0.2) is 9.59 Å². The van der Waals surface area contributed by atoms with Gasteiger partial charge in [-0.05, 0) is 18.8 Å². The summed E-state index contributed by atoms with van der Waals surface area (Å²) in [5.74, 6) is -1.09. The minimum atomic E-state index is -1.17. The lowest BCUT2D eigenvalue weighted by atomic mass is 9.87. The van der Waals surface area contributed by atoms with Crippen molar-refractivity contribution in [3.63, 3.8) is 0 Å². The summed E-state index contributed by atoms with van der Waals surface area (Å²) >= 11 is 0. The van der Waals surface area contributed by atoms with Crippen LogP contribution in [0.15, 0.2) is 0 Å². The maximum Gasteiger partial charge on any atom is 0.326 e. The number of carbonyl (C=O) groups is 3. The molecule has 0 aliphatic heterocycles.